The van der Waals surface area contributed by atoms with E-state index in [0.29, 0.717) is 12.6 Å². The fourth-order valence-electron chi connectivity index (χ4n) is 2.94. The van der Waals surface area contributed by atoms with Crippen molar-refractivity contribution in [2.45, 2.75) is 44.8 Å². The van der Waals surface area contributed by atoms with Crippen molar-refractivity contribution in [1.82, 2.24) is 9.88 Å². The number of nitrogens with one attached hydrogen (secondary N) is 1. The number of rotatable bonds is 5. The molecule has 0 atom stereocenters. The Morgan fingerprint density at radius 1 is 1.00 bits per heavy atom. The van der Waals surface area contributed by atoms with Crippen molar-refractivity contribution in [3.63, 3.8) is 0 Å². The Kier molecular flexibility index (Phi) is 4.51. The molecule has 3 nitrogen and oxygen atoms in total. The lowest BCUT2D eigenvalue weighted by Crippen LogP contribution is -2.25. The smallest absolute Gasteiger partial charge is 0.250 e. The molecule has 0 bridgehead atoms. The maximum absolute atomic E-state index is 11.7. The van der Waals surface area contributed by atoms with Gasteiger partial charge in [-0.3, -0.25) is 4.79 Å². The molecule has 110 valence electrons. The molecular weight excluding hydrogens is 260 g/mol. The predicted molar refractivity (Wildman–Crippen MR) is 85.3 cm³/mol. The van der Waals surface area contributed by atoms with Gasteiger partial charge in [-0.05, 0) is 30.0 Å². The Morgan fingerprint density at radius 2 is 1.71 bits per heavy atom. The number of nitrogens with zero attached hydrogens (tertiary/aromatic N) is 1. The molecule has 1 aliphatic rings. The van der Waals surface area contributed by atoms with Crippen LogP contribution in [0.15, 0.2) is 53.5 Å². The summed E-state index contributed by atoms with van der Waals surface area (Å²) in [6.07, 6.45) is 7.19. The third-order valence-corrected chi connectivity index (χ3v) is 4.22. The Balaban J connectivity index is 1.58. The highest BCUT2D eigenvalue weighted by atomic mass is 16.1. The van der Waals surface area contributed by atoms with Gasteiger partial charge in [0, 0.05) is 24.8 Å². The van der Waals surface area contributed by atoms with E-state index in [0.717, 1.165) is 12.1 Å². The summed E-state index contributed by atoms with van der Waals surface area (Å²) in [7, 11) is 0. The van der Waals surface area contributed by atoms with Crippen LogP contribution in [-0.4, -0.2) is 10.6 Å². The molecule has 1 aliphatic carbocycles. The summed E-state index contributed by atoms with van der Waals surface area (Å²) in [4.78, 5) is 11.7. The number of aromatic nitrogens is 1. The molecule has 3 heteroatoms. The van der Waals surface area contributed by atoms with Gasteiger partial charge in [0.1, 0.15) is 0 Å². The van der Waals surface area contributed by atoms with Crippen molar-refractivity contribution in [3.8, 4) is 0 Å². The summed E-state index contributed by atoms with van der Waals surface area (Å²) in [5.74, 6) is 0. The normalized spacial score (nSPS) is 15.4. The summed E-state index contributed by atoms with van der Waals surface area (Å²) in [5.41, 5.74) is 2.52. The van der Waals surface area contributed by atoms with Gasteiger partial charge >= 0.3 is 0 Å². The average molecular weight is 282 g/mol. The van der Waals surface area contributed by atoms with Crippen LogP contribution in [0.2, 0.25) is 0 Å². The van der Waals surface area contributed by atoms with Crippen LogP contribution in [0.1, 0.15) is 36.8 Å². The standard InChI is InChI=1S/C18H22N2O/c21-18-7-3-4-12-20(18)14-16-10-8-15(9-11-16)13-19-17-5-1-2-6-17/h3-4,7-12,17,19H,1-2,5-6,13-14H2. The number of hydrogen-bond donors (Lipinski definition) is 1. The molecule has 3 rings (SSSR count). The van der Waals surface area contributed by atoms with Crippen molar-refractivity contribution < 1.29 is 0 Å². The molecule has 1 fully saturated rings. The summed E-state index contributed by atoms with van der Waals surface area (Å²) in [5, 5.41) is 3.62. The van der Waals surface area contributed by atoms with E-state index < -0.39 is 0 Å². The first-order valence-corrected chi connectivity index (χ1v) is 7.78. The van der Waals surface area contributed by atoms with Crippen LogP contribution in [0.3, 0.4) is 0 Å². The third-order valence-electron chi connectivity index (χ3n) is 4.22. The zero-order valence-corrected chi connectivity index (χ0v) is 12.3. The SMILES string of the molecule is O=c1ccccn1Cc1ccc(CNC2CCCC2)cc1. The lowest BCUT2D eigenvalue weighted by atomic mass is 10.1. The maximum atomic E-state index is 11.7. The zero-order valence-electron chi connectivity index (χ0n) is 12.3. The van der Waals surface area contributed by atoms with E-state index in [-0.39, 0.29) is 5.56 Å². The zero-order chi connectivity index (χ0) is 14.5. The molecule has 1 heterocycles. The minimum absolute atomic E-state index is 0.0458. The molecular formula is C18H22N2O. The van der Waals surface area contributed by atoms with Gasteiger partial charge in [0.05, 0.1) is 6.54 Å². The lowest BCUT2D eigenvalue weighted by Gasteiger charge is -2.12. The van der Waals surface area contributed by atoms with Gasteiger partial charge in [-0.1, -0.05) is 43.2 Å². The van der Waals surface area contributed by atoms with Crippen LogP contribution in [0.4, 0.5) is 0 Å². The van der Waals surface area contributed by atoms with Crippen molar-refractivity contribution in [3.05, 3.63) is 70.1 Å². The largest absolute Gasteiger partial charge is 0.311 e. The van der Waals surface area contributed by atoms with Gasteiger partial charge in [0.2, 0.25) is 0 Å². The Labute approximate surface area is 125 Å². The van der Waals surface area contributed by atoms with E-state index >= 15 is 0 Å². The Bertz CT molecular complexity index is 624. The molecule has 21 heavy (non-hydrogen) atoms. The summed E-state index contributed by atoms with van der Waals surface area (Å²) < 4.78 is 1.73. The van der Waals surface area contributed by atoms with Gasteiger partial charge in [-0.2, -0.15) is 0 Å². The van der Waals surface area contributed by atoms with Crippen LogP contribution in [-0.2, 0) is 13.1 Å². The summed E-state index contributed by atoms with van der Waals surface area (Å²) in [6, 6.07) is 14.5. The van der Waals surface area contributed by atoms with E-state index in [1.807, 2.05) is 12.3 Å². The predicted octanol–water partition coefficient (Wildman–Crippen LogP) is 2.93. The monoisotopic (exact) mass is 282 g/mol. The second-order valence-corrected chi connectivity index (χ2v) is 5.85. The molecule has 2 aromatic rings. The van der Waals surface area contributed by atoms with Crippen molar-refractivity contribution >= 4 is 0 Å². The van der Waals surface area contributed by atoms with Crippen molar-refractivity contribution in [2.75, 3.05) is 0 Å². The van der Waals surface area contributed by atoms with E-state index in [1.54, 1.807) is 16.7 Å². The first-order chi connectivity index (χ1) is 10.3. The highest BCUT2D eigenvalue weighted by Gasteiger charge is 2.13. The van der Waals surface area contributed by atoms with Crippen LogP contribution in [0, 0.1) is 0 Å². The average Bonchev–Trinajstić information content (AvgIpc) is 3.02. The maximum Gasteiger partial charge on any atom is 0.250 e. The van der Waals surface area contributed by atoms with Crippen molar-refractivity contribution in [2.24, 2.45) is 0 Å². The van der Waals surface area contributed by atoms with Crippen LogP contribution >= 0.6 is 0 Å². The van der Waals surface area contributed by atoms with Crippen molar-refractivity contribution in [1.29, 1.82) is 0 Å². The van der Waals surface area contributed by atoms with E-state index in [2.05, 4.69) is 29.6 Å². The molecule has 1 N–H and O–H groups in total. The highest BCUT2D eigenvalue weighted by Crippen LogP contribution is 2.18. The summed E-state index contributed by atoms with van der Waals surface area (Å²) >= 11 is 0. The van der Waals surface area contributed by atoms with Gasteiger partial charge in [-0.15, -0.1) is 0 Å². The second kappa shape index (κ2) is 6.72. The molecule has 1 saturated carbocycles. The highest BCUT2D eigenvalue weighted by molar-refractivity contribution is 5.23. The summed E-state index contributed by atoms with van der Waals surface area (Å²) in [6.45, 7) is 1.58. The van der Waals surface area contributed by atoms with E-state index in [1.165, 1.54) is 31.2 Å². The molecule has 0 amide bonds. The fourth-order valence-corrected chi connectivity index (χ4v) is 2.94. The van der Waals surface area contributed by atoms with Crippen LogP contribution in [0.5, 0.6) is 0 Å². The Hall–Kier alpha value is -1.87. The van der Waals surface area contributed by atoms with Gasteiger partial charge in [-0.25, -0.2) is 0 Å². The minimum atomic E-state index is 0.0458. The first-order valence-electron chi connectivity index (χ1n) is 7.78. The third kappa shape index (κ3) is 3.82. The molecule has 0 aliphatic heterocycles. The van der Waals surface area contributed by atoms with Gasteiger partial charge in [0.15, 0.2) is 0 Å². The fraction of sp³-hybridized carbons (Fsp3) is 0.389. The van der Waals surface area contributed by atoms with Gasteiger partial charge < -0.3 is 9.88 Å². The second-order valence-electron chi connectivity index (χ2n) is 5.85. The minimum Gasteiger partial charge on any atom is -0.311 e. The van der Waals surface area contributed by atoms with E-state index in [4.69, 9.17) is 0 Å². The molecule has 1 aromatic carbocycles. The topological polar surface area (TPSA) is 34.0 Å². The lowest BCUT2D eigenvalue weighted by molar-refractivity contribution is 0.524. The van der Waals surface area contributed by atoms with Crippen LogP contribution < -0.4 is 10.9 Å². The molecule has 0 spiro atoms. The molecule has 1 aromatic heterocycles. The van der Waals surface area contributed by atoms with Crippen LogP contribution in [0.25, 0.3) is 0 Å². The number of benzene rings is 1. The van der Waals surface area contributed by atoms with Gasteiger partial charge in [0.25, 0.3) is 5.56 Å². The quantitative estimate of drug-likeness (QED) is 0.915. The molecule has 0 unspecified atom stereocenters. The number of hydrogen-bond acceptors (Lipinski definition) is 2. The first kappa shape index (κ1) is 14.1. The number of pyridine rings is 1. The van der Waals surface area contributed by atoms with E-state index in [9.17, 15) is 4.79 Å². The Morgan fingerprint density at radius 3 is 2.43 bits per heavy atom. The molecule has 0 saturated heterocycles. The molecule has 0 radical (unpaired) electrons.